The lowest BCUT2D eigenvalue weighted by atomic mass is 10.2. The second-order valence-electron chi connectivity index (χ2n) is 5.74. The number of hydrogen-bond donors (Lipinski definition) is 0. The van der Waals surface area contributed by atoms with Gasteiger partial charge in [-0.25, -0.2) is 4.98 Å². The summed E-state index contributed by atoms with van der Waals surface area (Å²) in [5.41, 5.74) is 3.21. The van der Waals surface area contributed by atoms with Gasteiger partial charge in [-0.05, 0) is 19.9 Å². The summed E-state index contributed by atoms with van der Waals surface area (Å²) in [6, 6.07) is 12.2. The first-order valence-electron chi connectivity index (χ1n) is 8.36. The van der Waals surface area contributed by atoms with Crippen molar-refractivity contribution < 1.29 is 4.42 Å². The number of thiazole rings is 1. The van der Waals surface area contributed by atoms with Crippen LogP contribution < -0.4 is 0 Å². The normalized spacial score (nSPS) is 11.2. The molecule has 1 aromatic carbocycles. The first-order valence-corrected chi connectivity index (χ1v) is 10.2. The standard InChI is InChI=1S/C19H18N4OS2/c1-3-23-17(16-9-10-24-13(16)2)21-22-19(23)26-12-15-11-25-18(20-15)14-7-5-4-6-8-14/h4-11H,3,12H2,1-2H3. The maximum absolute atomic E-state index is 5.41. The van der Waals surface area contributed by atoms with Crippen LogP contribution in [0.5, 0.6) is 0 Å². The van der Waals surface area contributed by atoms with Gasteiger partial charge in [0, 0.05) is 23.2 Å². The van der Waals surface area contributed by atoms with Gasteiger partial charge >= 0.3 is 0 Å². The second-order valence-corrected chi connectivity index (χ2v) is 7.54. The molecule has 0 N–H and O–H groups in total. The van der Waals surface area contributed by atoms with E-state index in [2.05, 4.69) is 39.2 Å². The quantitative estimate of drug-likeness (QED) is 0.425. The predicted molar refractivity (Wildman–Crippen MR) is 105 cm³/mol. The molecule has 0 aliphatic heterocycles. The van der Waals surface area contributed by atoms with Gasteiger partial charge in [0.2, 0.25) is 0 Å². The molecule has 0 unspecified atom stereocenters. The summed E-state index contributed by atoms with van der Waals surface area (Å²) in [7, 11) is 0. The fourth-order valence-electron chi connectivity index (χ4n) is 2.72. The second kappa shape index (κ2) is 7.47. The average Bonchev–Trinajstić information content (AvgIpc) is 3.39. The molecule has 4 rings (SSSR count). The molecular weight excluding hydrogens is 364 g/mol. The van der Waals surface area contributed by atoms with Crippen molar-refractivity contribution in [3.63, 3.8) is 0 Å². The zero-order valence-electron chi connectivity index (χ0n) is 14.5. The van der Waals surface area contributed by atoms with Gasteiger partial charge in [0.1, 0.15) is 10.8 Å². The molecule has 0 saturated heterocycles. The van der Waals surface area contributed by atoms with Crippen molar-refractivity contribution in [3.8, 4) is 22.0 Å². The molecule has 0 spiro atoms. The van der Waals surface area contributed by atoms with Crippen LogP contribution >= 0.6 is 23.1 Å². The molecule has 0 amide bonds. The Bertz CT molecular complexity index is 1000. The monoisotopic (exact) mass is 382 g/mol. The van der Waals surface area contributed by atoms with E-state index in [9.17, 15) is 0 Å². The Balaban J connectivity index is 1.51. The number of nitrogens with zero attached hydrogens (tertiary/aromatic N) is 4. The summed E-state index contributed by atoms with van der Waals surface area (Å²) in [6.45, 7) is 4.85. The lowest BCUT2D eigenvalue weighted by Crippen LogP contribution is -2.00. The van der Waals surface area contributed by atoms with Crippen molar-refractivity contribution in [1.29, 1.82) is 0 Å². The number of rotatable bonds is 6. The van der Waals surface area contributed by atoms with E-state index < -0.39 is 0 Å². The van der Waals surface area contributed by atoms with Crippen LogP contribution in [0.25, 0.3) is 22.0 Å². The molecule has 3 aromatic heterocycles. The molecular formula is C19H18N4OS2. The third-order valence-corrected chi connectivity index (χ3v) is 5.99. The molecule has 4 aromatic rings. The minimum atomic E-state index is 0.770. The third kappa shape index (κ3) is 3.32. The SMILES string of the molecule is CCn1c(SCc2csc(-c3ccccc3)n2)nnc1-c1ccoc1C. The smallest absolute Gasteiger partial charge is 0.191 e. The van der Waals surface area contributed by atoms with Crippen LogP contribution in [0.4, 0.5) is 0 Å². The molecule has 0 radical (unpaired) electrons. The minimum absolute atomic E-state index is 0.770. The molecule has 0 saturated carbocycles. The number of aryl methyl sites for hydroxylation is 1. The number of aromatic nitrogens is 4. The lowest BCUT2D eigenvalue weighted by molar-refractivity contribution is 0.534. The van der Waals surface area contributed by atoms with Crippen molar-refractivity contribution in [3.05, 3.63) is 59.5 Å². The fraction of sp³-hybridized carbons (Fsp3) is 0.211. The minimum Gasteiger partial charge on any atom is -0.469 e. The number of benzene rings is 1. The van der Waals surface area contributed by atoms with Gasteiger partial charge in [0.15, 0.2) is 11.0 Å². The van der Waals surface area contributed by atoms with Crippen LogP contribution in [0.1, 0.15) is 18.4 Å². The average molecular weight is 383 g/mol. The van der Waals surface area contributed by atoms with E-state index in [1.165, 1.54) is 0 Å². The maximum Gasteiger partial charge on any atom is 0.191 e. The van der Waals surface area contributed by atoms with Crippen LogP contribution in [0, 0.1) is 6.92 Å². The molecule has 3 heterocycles. The first kappa shape index (κ1) is 17.1. The summed E-state index contributed by atoms with van der Waals surface area (Å²) in [5.74, 6) is 2.48. The van der Waals surface area contributed by atoms with E-state index in [4.69, 9.17) is 9.40 Å². The molecule has 132 valence electrons. The highest BCUT2D eigenvalue weighted by molar-refractivity contribution is 7.98. The highest BCUT2D eigenvalue weighted by Crippen LogP contribution is 2.30. The number of thioether (sulfide) groups is 1. The summed E-state index contributed by atoms with van der Waals surface area (Å²) in [6.07, 6.45) is 1.69. The van der Waals surface area contributed by atoms with Gasteiger partial charge in [-0.2, -0.15) is 0 Å². The summed E-state index contributed by atoms with van der Waals surface area (Å²) in [4.78, 5) is 4.75. The first-order chi connectivity index (χ1) is 12.8. The Labute approximate surface area is 160 Å². The van der Waals surface area contributed by atoms with E-state index in [0.717, 1.165) is 50.9 Å². The Morgan fingerprint density at radius 2 is 2.00 bits per heavy atom. The molecule has 0 fully saturated rings. The molecule has 26 heavy (non-hydrogen) atoms. The van der Waals surface area contributed by atoms with Crippen LogP contribution in [-0.4, -0.2) is 19.7 Å². The number of hydrogen-bond acceptors (Lipinski definition) is 6. The van der Waals surface area contributed by atoms with E-state index in [1.807, 2.05) is 31.2 Å². The van der Waals surface area contributed by atoms with Gasteiger partial charge in [-0.15, -0.1) is 21.5 Å². The van der Waals surface area contributed by atoms with Crippen LogP contribution in [-0.2, 0) is 12.3 Å². The van der Waals surface area contributed by atoms with Crippen molar-refractivity contribution in [1.82, 2.24) is 19.7 Å². The molecule has 7 heteroatoms. The van der Waals surface area contributed by atoms with Crippen molar-refractivity contribution in [2.75, 3.05) is 0 Å². The van der Waals surface area contributed by atoms with Gasteiger partial charge in [-0.3, -0.25) is 0 Å². The van der Waals surface area contributed by atoms with Crippen LogP contribution in [0.2, 0.25) is 0 Å². The van der Waals surface area contributed by atoms with Gasteiger partial charge in [0.05, 0.1) is 17.5 Å². The summed E-state index contributed by atoms with van der Waals surface area (Å²) < 4.78 is 7.52. The van der Waals surface area contributed by atoms with Crippen LogP contribution in [0.3, 0.4) is 0 Å². The van der Waals surface area contributed by atoms with Crippen LogP contribution in [0.15, 0.2) is 57.6 Å². The molecule has 0 atom stereocenters. The van der Waals surface area contributed by atoms with E-state index in [1.54, 1.807) is 29.4 Å². The highest BCUT2D eigenvalue weighted by atomic mass is 32.2. The molecule has 5 nitrogen and oxygen atoms in total. The Kier molecular flexibility index (Phi) is 4.90. The highest BCUT2D eigenvalue weighted by Gasteiger charge is 2.16. The van der Waals surface area contributed by atoms with E-state index in [-0.39, 0.29) is 0 Å². The molecule has 0 aliphatic rings. The Morgan fingerprint density at radius 1 is 1.15 bits per heavy atom. The van der Waals surface area contributed by atoms with Gasteiger partial charge in [0.25, 0.3) is 0 Å². The predicted octanol–water partition coefficient (Wildman–Crippen LogP) is 5.28. The van der Waals surface area contributed by atoms with Gasteiger partial charge in [-0.1, -0.05) is 42.1 Å². The number of furan rings is 1. The largest absolute Gasteiger partial charge is 0.469 e. The topological polar surface area (TPSA) is 56.7 Å². The molecule has 0 bridgehead atoms. The maximum atomic E-state index is 5.41. The summed E-state index contributed by atoms with van der Waals surface area (Å²) in [5, 5.41) is 12.8. The Morgan fingerprint density at radius 3 is 2.73 bits per heavy atom. The van der Waals surface area contributed by atoms with E-state index in [0.29, 0.717) is 0 Å². The summed E-state index contributed by atoms with van der Waals surface area (Å²) >= 11 is 3.33. The van der Waals surface area contributed by atoms with E-state index >= 15 is 0 Å². The zero-order valence-corrected chi connectivity index (χ0v) is 16.2. The van der Waals surface area contributed by atoms with Gasteiger partial charge < -0.3 is 8.98 Å². The lowest BCUT2D eigenvalue weighted by Gasteiger charge is -2.06. The molecule has 0 aliphatic carbocycles. The Hall–Kier alpha value is -2.38. The fourth-order valence-corrected chi connectivity index (χ4v) is 4.55. The van der Waals surface area contributed by atoms with Crippen molar-refractivity contribution in [2.45, 2.75) is 31.3 Å². The zero-order chi connectivity index (χ0) is 17.9. The van der Waals surface area contributed by atoms with Crippen molar-refractivity contribution >= 4 is 23.1 Å². The van der Waals surface area contributed by atoms with Crippen molar-refractivity contribution in [2.24, 2.45) is 0 Å². The third-order valence-electron chi connectivity index (χ3n) is 4.05.